The number of carbonyl (C=O) groups excluding carboxylic acids is 1. The standard InChI is InChI=1S/C22H37NO4/c1-4-5-6-7-18(24)8-9-19-20-13-16(12-17(20)14-21(19)25)10-11-27-15-22(26)23(2)3/h8-10,17-21,24-25H,4-7,11-15H2,1-3H3/b9-8+,16-10+/t17-,18-,19+,20-,21+/m0/s1. The SMILES string of the molecule is CCCCC[C@H](O)/C=C/[C@@H]1[C@H]2C/C(=C/COCC(=O)N(C)C)C[C@H]2C[C@H]1O. The third-order valence-electron chi connectivity index (χ3n) is 5.98. The van der Waals surface area contributed by atoms with Gasteiger partial charge < -0.3 is 19.8 Å². The quantitative estimate of drug-likeness (QED) is 0.452. The number of unbranched alkanes of at least 4 members (excludes halogenated alkanes) is 2. The van der Waals surface area contributed by atoms with Crippen LogP contribution in [-0.4, -0.2) is 60.5 Å². The summed E-state index contributed by atoms with van der Waals surface area (Å²) in [7, 11) is 3.45. The molecule has 0 aromatic carbocycles. The molecule has 0 aliphatic heterocycles. The molecule has 27 heavy (non-hydrogen) atoms. The first-order valence-corrected chi connectivity index (χ1v) is 10.4. The Balaban J connectivity index is 1.80. The Morgan fingerprint density at radius 3 is 2.81 bits per heavy atom. The van der Waals surface area contributed by atoms with E-state index >= 15 is 0 Å². The minimum atomic E-state index is -0.401. The molecule has 0 bridgehead atoms. The maximum atomic E-state index is 11.5. The fourth-order valence-corrected chi connectivity index (χ4v) is 4.35. The largest absolute Gasteiger partial charge is 0.392 e. The highest BCUT2D eigenvalue weighted by Gasteiger charge is 2.44. The highest BCUT2D eigenvalue weighted by molar-refractivity contribution is 5.76. The molecule has 2 rings (SSSR count). The molecule has 0 spiro atoms. The highest BCUT2D eigenvalue weighted by atomic mass is 16.5. The van der Waals surface area contributed by atoms with Gasteiger partial charge in [0.2, 0.25) is 5.91 Å². The first kappa shape index (κ1) is 22.1. The lowest BCUT2D eigenvalue weighted by molar-refractivity contribution is -0.133. The van der Waals surface area contributed by atoms with Gasteiger partial charge in [0.25, 0.3) is 0 Å². The van der Waals surface area contributed by atoms with Crippen molar-refractivity contribution in [3.63, 3.8) is 0 Å². The average molecular weight is 380 g/mol. The van der Waals surface area contributed by atoms with Crippen molar-refractivity contribution in [2.24, 2.45) is 17.8 Å². The van der Waals surface area contributed by atoms with Crippen molar-refractivity contribution in [3.8, 4) is 0 Å². The van der Waals surface area contributed by atoms with Gasteiger partial charge in [-0.25, -0.2) is 0 Å². The molecule has 2 aliphatic carbocycles. The second-order valence-electron chi connectivity index (χ2n) is 8.33. The van der Waals surface area contributed by atoms with E-state index in [0.29, 0.717) is 18.4 Å². The Hall–Kier alpha value is -1.17. The first-order valence-electron chi connectivity index (χ1n) is 10.4. The summed E-state index contributed by atoms with van der Waals surface area (Å²) in [6.45, 7) is 2.74. The van der Waals surface area contributed by atoms with Gasteiger partial charge in [-0.3, -0.25) is 4.79 Å². The van der Waals surface area contributed by atoms with Gasteiger partial charge >= 0.3 is 0 Å². The van der Waals surface area contributed by atoms with Gasteiger partial charge in [0, 0.05) is 20.0 Å². The van der Waals surface area contributed by atoms with E-state index < -0.39 is 6.10 Å². The highest BCUT2D eigenvalue weighted by Crippen LogP contribution is 2.50. The Morgan fingerprint density at radius 2 is 2.11 bits per heavy atom. The van der Waals surface area contributed by atoms with E-state index in [1.807, 2.05) is 6.08 Å². The number of hydrogen-bond donors (Lipinski definition) is 2. The Bertz CT molecular complexity index is 528. The van der Waals surface area contributed by atoms with Crippen molar-refractivity contribution < 1.29 is 19.7 Å². The van der Waals surface area contributed by atoms with Gasteiger partial charge in [-0.2, -0.15) is 0 Å². The number of aliphatic hydroxyl groups is 2. The zero-order chi connectivity index (χ0) is 19.8. The molecule has 5 atom stereocenters. The van der Waals surface area contributed by atoms with Crippen molar-refractivity contribution >= 4 is 5.91 Å². The van der Waals surface area contributed by atoms with E-state index in [2.05, 4.69) is 19.1 Å². The number of amides is 1. The average Bonchev–Trinajstić information content (AvgIpc) is 3.13. The Kier molecular flexibility index (Phi) is 9.00. The fraction of sp³-hybridized carbons (Fsp3) is 0.773. The van der Waals surface area contributed by atoms with Crippen LogP contribution >= 0.6 is 0 Å². The lowest BCUT2D eigenvalue weighted by Crippen LogP contribution is -2.26. The van der Waals surface area contributed by atoms with E-state index in [1.54, 1.807) is 14.1 Å². The van der Waals surface area contributed by atoms with Gasteiger partial charge in [0.05, 0.1) is 18.8 Å². The second-order valence-corrected chi connectivity index (χ2v) is 8.33. The zero-order valence-corrected chi connectivity index (χ0v) is 17.1. The van der Waals surface area contributed by atoms with E-state index in [9.17, 15) is 15.0 Å². The lowest BCUT2D eigenvalue weighted by atomic mass is 9.90. The van der Waals surface area contributed by atoms with E-state index in [-0.39, 0.29) is 24.5 Å². The minimum Gasteiger partial charge on any atom is -0.392 e. The van der Waals surface area contributed by atoms with Crippen LogP contribution < -0.4 is 0 Å². The molecule has 0 aromatic rings. The Labute approximate surface area is 164 Å². The molecule has 5 nitrogen and oxygen atoms in total. The summed E-state index contributed by atoms with van der Waals surface area (Å²) in [5.74, 6) is 1.08. The topological polar surface area (TPSA) is 70.0 Å². The van der Waals surface area contributed by atoms with E-state index in [0.717, 1.165) is 44.9 Å². The molecular weight excluding hydrogens is 342 g/mol. The molecule has 2 N–H and O–H groups in total. The van der Waals surface area contributed by atoms with Crippen molar-refractivity contribution in [2.75, 3.05) is 27.3 Å². The van der Waals surface area contributed by atoms with Crippen molar-refractivity contribution in [1.82, 2.24) is 4.90 Å². The third kappa shape index (κ3) is 6.74. The molecule has 0 saturated heterocycles. The van der Waals surface area contributed by atoms with Gasteiger partial charge in [-0.15, -0.1) is 0 Å². The number of carbonyl (C=O) groups is 1. The van der Waals surface area contributed by atoms with Gasteiger partial charge in [0.15, 0.2) is 0 Å². The summed E-state index contributed by atoms with van der Waals surface area (Å²) < 4.78 is 5.45. The lowest BCUT2D eigenvalue weighted by Gasteiger charge is -2.17. The fourth-order valence-electron chi connectivity index (χ4n) is 4.35. The number of nitrogens with zero attached hydrogens (tertiary/aromatic N) is 1. The van der Waals surface area contributed by atoms with Crippen LogP contribution in [-0.2, 0) is 9.53 Å². The van der Waals surface area contributed by atoms with Crippen LogP contribution in [0, 0.1) is 17.8 Å². The number of ether oxygens (including phenoxy) is 1. The van der Waals surface area contributed by atoms with Crippen LogP contribution in [0.1, 0.15) is 51.9 Å². The smallest absolute Gasteiger partial charge is 0.248 e. The molecule has 0 heterocycles. The zero-order valence-electron chi connectivity index (χ0n) is 17.1. The number of allylic oxidation sites excluding steroid dienone is 1. The number of aliphatic hydroxyl groups excluding tert-OH is 2. The summed E-state index contributed by atoms with van der Waals surface area (Å²) in [4.78, 5) is 13.0. The minimum absolute atomic E-state index is 0.0255. The Morgan fingerprint density at radius 1 is 1.33 bits per heavy atom. The number of rotatable bonds is 10. The van der Waals surface area contributed by atoms with Gasteiger partial charge in [-0.05, 0) is 37.5 Å². The molecule has 2 saturated carbocycles. The van der Waals surface area contributed by atoms with Crippen LogP contribution in [0.4, 0.5) is 0 Å². The number of fused-ring (bicyclic) bond motifs is 1. The summed E-state index contributed by atoms with van der Waals surface area (Å²) in [5, 5.41) is 20.5. The van der Waals surface area contributed by atoms with Gasteiger partial charge in [-0.1, -0.05) is 50.0 Å². The van der Waals surface area contributed by atoms with Crippen LogP contribution in [0.2, 0.25) is 0 Å². The normalized spacial score (nSPS) is 30.2. The molecule has 2 aliphatic rings. The van der Waals surface area contributed by atoms with Crippen molar-refractivity contribution in [2.45, 2.75) is 64.1 Å². The van der Waals surface area contributed by atoms with E-state index in [4.69, 9.17) is 4.74 Å². The number of likely N-dealkylation sites (N-methyl/N-ethyl adjacent to an activating group) is 1. The van der Waals surface area contributed by atoms with Crippen LogP contribution in [0.3, 0.4) is 0 Å². The molecule has 5 heteroatoms. The molecule has 1 amide bonds. The molecule has 154 valence electrons. The summed E-state index contributed by atoms with van der Waals surface area (Å²) in [6.07, 6.45) is 12.3. The monoisotopic (exact) mass is 379 g/mol. The van der Waals surface area contributed by atoms with E-state index in [1.165, 1.54) is 10.5 Å². The molecule has 2 fully saturated rings. The van der Waals surface area contributed by atoms with Gasteiger partial charge in [0.1, 0.15) is 6.61 Å². The summed E-state index contributed by atoms with van der Waals surface area (Å²) in [5.41, 5.74) is 1.37. The van der Waals surface area contributed by atoms with Crippen LogP contribution in [0.25, 0.3) is 0 Å². The molecule has 0 aromatic heterocycles. The number of hydrogen-bond acceptors (Lipinski definition) is 4. The maximum Gasteiger partial charge on any atom is 0.248 e. The van der Waals surface area contributed by atoms with Crippen LogP contribution in [0.5, 0.6) is 0 Å². The van der Waals surface area contributed by atoms with Crippen LogP contribution in [0.15, 0.2) is 23.8 Å². The van der Waals surface area contributed by atoms with Crippen molar-refractivity contribution in [3.05, 3.63) is 23.8 Å². The first-order chi connectivity index (χ1) is 12.9. The summed E-state index contributed by atoms with van der Waals surface area (Å²) >= 11 is 0. The third-order valence-corrected chi connectivity index (χ3v) is 5.98. The molecule has 0 radical (unpaired) electrons. The molecular formula is C22H37NO4. The molecule has 0 unspecified atom stereocenters. The maximum absolute atomic E-state index is 11.5. The van der Waals surface area contributed by atoms with Crippen molar-refractivity contribution in [1.29, 1.82) is 0 Å². The predicted molar refractivity (Wildman–Crippen MR) is 107 cm³/mol. The predicted octanol–water partition coefficient (Wildman–Crippen LogP) is 2.92. The summed E-state index contributed by atoms with van der Waals surface area (Å²) in [6, 6.07) is 0. The second kappa shape index (κ2) is 11.0.